The Bertz CT molecular complexity index is 545. The van der Waals surface area contributed by atoms with Crippen molar-refractivity contribution in [3.8, 4) is 5.75 Å². The van der Waals surface area contributed by atoms with Crippen molar-refractivity contribution in [2.45, 2.75) is 65.0 Å². The summed E-state index contributed by atoms with van der Waals surface area (Å²) in [7, 11) is -0.427. The second kappa shape index (κ2) is 7.81. The Hall–Kier alpha value is -1.17. The molecular formula is C19H32O4Si. The molecule has 0 saturated heterocycles. The van der Waals surface area contributed by atoms with Gasteiger partial charge in [0, 0.05) is 5.92 Å². The van der Waals surface area contributed by atoms with Crippen molar-refractivity contribution in [1.82, 2.24) is 0 Å². The van der Waals surface area contributed by atoms with Crippen LogP contribution in [0.1, 0.15) is 46.3 Å². The highest BCUT2D eigenvalue weighted by molar-refractivity contribution is 6.74. The van der Waals surface area contributed by atoms with Crippen molar-refractivity contribution >= 4 is 14.1 Å². The molecule has 0 heterocycles. The number of aliphatic hydroxyl groups is 1. The fraction of sp³-hybridized carbons (Fsp3) is 0.632. The first-order valence-corrected chi connectivity index (χ1v) is 11.3. The summed E-state index contributed by atoms with van der Waals surface area (Å²) in [6, 6.07) is 7.13. The Kier molecular flexibility index (Phi) is 6.79. The molecule has 0 spiro atoms. The lowest BCUT2D eigenvalue weighted by atomic mass is 9.91. The molecule has 3 atom stereocenters. The first-order chi connectivity index (χ1) is 10.9. The van der Waals surface area contributed by atoms with Crippen molar-refractivity contribution < 1.29 is 19.1 Å². The number of methoxy groups -OCH3 is 1. The molecule has 4 nitrogen and oxygen atoms in total. The van der Waals surface area contributed by atoms with E-state index in [1.165, 1.54) is 0 Å². The van der Waals surface area contributed by atoms with E-state index in [2.05, 4.69) is 33.9 Å². The van der Waals surface area contributed by atoms with Gasteiger partial charge in [-0.2, -0.15) is 0 Å². The van der Waals surface area contributed by atoms with Crippen molar-refractivity contribution in [2.75, 3.05) is 7.11 Å². The number of hydrogen-bond donors (Lipinski definition) is 1. The van der Waals surface area contributed by atoms with Crippen LogP contribution in [0, 0.1) is 5.92 Å². The Balaban J connectivity index is 2.81. The van der Waals surface area contributed by atoms with Gasteiger partial charge in [0.1, 0.15) is 11.9 Å². The minimum absolute atomic E-state index is 0.0410. The summed E-state index contributed by atoms with van der Waals surface area (Å²) in [6.07, 6.45) is -1.37. The monoisotopic (exact) mass is 352 g/mol. The van der Waals surface area contributed by atoms with Crippen LogP contribution in [0.4, 0.5) is 0 Å². The molecule has 1 aromatic rings. The highest BCUT2D eigenvalue weighted by atomic mass is 28.4. The normalized spacial score (nSPS) is 16.4. The van der Waals surface area contributed by atoms with Gasteiger partial charge in [-0.1, -0.05) is 39.8 Å². The first kappa shape index (κ1) is 20.9. The molecule has 1 aromatic carbocycles. The summed E-state index contributed by atoms with van der Waals surface area (Å²) in [5, 5.41) is 10.6. The van der Waals surface area contributed by atoms with E-state index in [1.807, 2.05) is 0 Å². The second-order valence-corrected chi connectivity index (χ2v) is 12.7. The maximum Gasteiger partial charge on any atom is 0.193 e. The van der Waals surface area contributed by atoms with Crippen LogP contribution < -0.4 is 4.74 Å². The number of Topliss-reactive ketones (excluding diaryl/α,β-unsaturated/α-hetero) is 1. The zero-order chi connectivity index (χ0) is 18.7. The zero-order valence-corrected chi connectivity index (χ0v) is 17.2. The summed E-state index contributed by atoms with van der Waals surface area (Å²) in [6.45, 7) is 14.2. The van der Waals surface area contributed by atoms with E-state index >= 15 is 0 Å². The maximum atomic E-state index is 12.7. The van der Waals surface area contributed by atoms with E-state index in [9.17, 15) is 9.90 Å². The molecule has 0 unspecified atom stereocenters. The van der Waals surface area contributed by atoms with Crippen LogP contribution in [0.3, 0.4) is 0 Å². The van der Waals surface area contributed by atoms with Crippen molar-refractivity contribution in [1.29, 1.82) is 0 Å². The first-order valence-electron chi connectivity index (χ1n) is 8.44. The molecule has 1 rings (SSSR count). The molecular weight excluding hydrogens is 320 g/mol. The van der Waals surface area contributed by atoms with Gasteiger partial charge in [0.25, 0.3) is 0 Å². The van der Waals surface area contributed by atoms with E-state index in [-0.39, 0.29) is 10.8 Å². The molecule has 5 heteroatoms. The highest BCUT2D eigenvalue weighted by Crippen LogP contribution is 2.38. The number of hydrogen-bond acceptors (Lipinski definition) is 4. The van der Waals surface area contributed by atoms with Gasteiger partial charge >= 0.3 is 0 Å². The van der Waals surface area contributed by atoms with Crippen LogP contribution in [0.2, 0.25) is 18.1 Å². The SMILES string of the molecule is COc1ccc([C@H](O)[C@@H](C)C(=O)[C@H](C)O[Si](C)(C)C(C)(C)C)cc1. The summed E-state index contributed by atoms with van der Waals surface area (Å²) in [5.74, 6) is 0.126. The van der Waals surface area contributed by atoms with Gasteiger partial charge < -0.3 is 14.3 Å². The molecule has 1 N–H and O–H groups in total. The molecule has 24 heavy (non-hydrogen) atoms. The topological polar surface area (TPSA) is 55.8 Å². The molecule has 0 radical (unpaired) electrons. The summed E-state index contributed by atoms with van der Waals surface area (Å²) in [4.78, 5) is 12.7. The van der Waals surface area contributed by atoms with Crippen LogP contribution in [0.15, 0.2) is 24.3 Å². The summed E-state index contributed by atoms with van der Waals surface area (Å²) < 4.78 is 11.3. The third-order valence-corrected chi connectivity index (χ3v) is 9.61. The third-order valence-electron chi connectivity index (χ3n) is 5.06. The van der Waals surface area contributed by atoms with E-state index in [0.29, 0.717) is 5.56 Å². The molecule has 0 aromatic heterocycles. The van der Waals surface area contributed by atoms with Crippen LogP contribution >= 0.6 is 0 Å². The quantitative estimate of drug-likeness (QED) is 0.742. The molecule has 0 fully saturated rings. The average molecular weight is 353 g/mol. The summed E-state index contributed by atoms with van der Waals surface area (Å²) in [5.41, 5.74) is 0.705. The van der Waals surface area contributed by atoms with E-state index < -0.39 is 26.4 Å². The molecule has 0 aliphatic rings. The average Bonchev–Trinajstić information content (AvgIpc) is 2.51. The van der Waals surface area contributed by atoms with Crippen LogP contribution in [-0.2, 0) is 9.22 Å². The molecule has 0 saturated carbocycles. The zero-order valence-electron chi connectivity index (χ0n) is 16.2. The Morgan fingerprint density at radius 1 is 1.12 bits per heavy atom. The van der Waals surface area contributed by atoms with E-state index in [0.717, 1.165) is 5.75 Å². The molecule has 0 aliphatic heterocycles. The fourth-order valence-corrected chi connectivity index (χ4v) is 3.65. The molecule has 136 valence electrons. The van der Waals surface area contributed by atoms with Gasteiger partial charge in [-0.25, -0.2) is 0 Å². The molecule has 0 aliphatic carbocycles. The summed E-state index contributed by atoms with van der Waals surface area (Å²) >= 11 is 0. The predicted molar refractivity (Wildman–Crippen MR) is 99.9 cm³/mol. The second-order valence-electron chi connectivity index (χ2n) is 7.93. The standard InChI is InChI=1S/C19H32O4Si/c1-13(18(21)15-9-11-16(22-6)12-10-15)17(20)14(2)23-24(7,8)19(3,4)5/h9-14,18,21H,1-8H3/t13-,14-,18+/m0/s1. The molecule has 0 bridgehead atoms. The Morgan fingerprint density at radius 3 is 2.04 bits per heavy atom. The fourth-order valence-electron chi connectivity index (χ4n) is 2.29. The van der Waals surface area contributed by atoms with Crippen molar-refractivity contribution in [3.05, 3.63) is 29.8 Å². The van der Waals surface area contributed by atoms with Gasteiger partial charge in [0.05, 0.1) is 13.2 Å². The number of carbonyl (C=O) groups is 1. The maximum absolute atomic E-state index is 12.7. The number of ether oxygens (including phenoxy) is 1. The Morgan fingerprint density at radius 2 is 1.62 bits per heavy atom. The van der Waals surface area contributed by atoms with Gasteiger partial charge in [-0.15, -0.1) is 0 Å². The lowest BCUT2D eigenvalue weighted by Crippen LogP contribution is -2.46. The minimum Gasteiger partial charge on any atom is -0.497 e. The number of benzene rings is 1. The van der Waals surface area contributed by atoms with Gasteiger partial charge in [0.2, 0.25) is 0 Å². The van der Waals surface area contributed by atoms with E-state index in [1.54, 1.807) is 45.2 Å². The van der Waals surface area contributed by atoms with Gasteiger partial charge in [0.15, 0.2) is 14.1 Å². The van der Waals surface area contributed by atoms with Crippen LogP contribution in [0.25, 0.3) is 0 Å². The Labute approximate surface area is 147 Å². The molecule has 0 amide bonds. The predicted octanol–water partition coefficient (Wildman–Crippen LogP) is 4.34. The number of rotatable bonds is 7. The van der Waals surface area contributed by atoms with Crippen molar-refractivity contribution in [2.24, 2.45) is 5.92 Å². The number of ketones is 1. The number of aliphatic hydroxyl groups excluding tert-OH is 1. The van der Waals surface area contributed by atoms with Crippen LogP contribution in [0.5, 0.6) is 5.75 Å². The lowest BCUT2D eigenvalue weighted by Gasteiger charge is -2.38. The van der Waals surface area contributed by atoms with Crippen LogP contribution in [-0.4, -0.2) is 32.4 Å². The lowest BCUT2D eigenvalue weighted by molar-refractivity contribution is -0.132. The smallest absolute Gasteiger partial charge is 0.193 e. The van der Waals surface area contributed by atoms with Crippen molar-refractivity contribution in [3.63, 3.8) is 0 Å². The van der Waals surface area contributed by atoms with E-state index in [4.69, 9.17) is 9.16 Å². The largest absolute Gasteiger partial charge is 0.497 e. The minimum atomic E-state index is -2.02. The van der Waals surface area contributed by atoms with Gasteiger partial charge in [-0.3, -0.25) is 4.79 Å². The third kappa shape index (κ3) is 4.91. The van der Waals surface area contributed by atoms with Gasteiger partial charge in [-0.05, 0) is 42.8 Å². The number of carbonyl (C=O) groups excluding carboxylic acids is 1. The highest BCUT2D eigenvalue weighted by Gasteiger charge is 2.40.